The number of allylic oxidation sites excluding steroid dienone is 1. The van der Waals surface area contributed by atoms with Crippen LogP contribution in [0.4, 0.5) is 0 Å². The summed E-state index contributed by atoms with van der Waals surface area (Å²) >= 11 is 5.23. The second kappa shape index (κ2) is 7.48. The Morgan fingerprint density at radius 1 is 1.08 bits per heavy atom. The molecular formula is C18H19N3O3S. The smallest absolute Gasteiger partial charge is 0.198 e. The number of amidine groups is 1. The van der Waals surface area contributed by atoms with E-state index in [9.17, 15) is 0 Å². The minimum absolute atomic E-state index is 0.140. The third-order valence-corrected chi connectivity index (χ3v) is 4.14. The number of fused-ring (bicyclic) bond motifs is 1. The molecular weight excluding hydrogens is 338 g/mol. The predicted octanol–water partition coefficient (Wildman–Crippen LogP) is 2.61. The number of nitrogens with one attached hydrogen (secondary N) is 1. The van der Waals surface area contributed by atoms with Gasteiger partial charge in [0.2, 0.25) is 0 Å². The summed E-state index contributed by atoms with van der Waals surface area (Å²) in [6.45, 7) is 0.524. The Balaban J connectivity index is 1.86. The first-order valence-electron chi connectivity index (χ1n) is 7.73. The van der Waals surface area contributed by atoms with E-state index in [-0.39, 0.29) is 5.92 Å². The molecule has 0 saturated carbocycles. The van der Waals surface area contributed by atoms with E-state index in [1.54, 1.807) is 21.3 Å². The first kappa shape index (κ1) is 17.2. The molecule has 0 bridgehead atoms. The van der Waals surface area contributed by atoms with E-state index in [0.29, 0.717) is 23.2 Å². The average Bonchev–Trinajstić information content (AvgIpc) is 2.65. The number of nitrogens with zero attached hydrogens (tertiary/aromatic N) is 2. The van der Waals surface area contributed by atoms with Crippen LogP contribution in [0, 0.1) is 5.92 Å². The molecule has 3 rings (SSSR count). The number of ether oxygens (including phenoxy) is 3. The average molecular weight is 357 g/mol. The first-order chi connectivity index (χ1) is 12.1. The summed E-state index contributed by atoms with van der Waals surface area (Å²) < 4.78 is 15.9. The quantitative estimate of drug-likeness (QED) is 0.821. The number of methoxy groups -OCH3 is 3. The van der Waals surface area contributed by atoms with Gasteiger partial charge >= 0.3 is 0 Å². The van der Waals surface area contributed by atoms with E-state index in [4.69, 9.17) is 26.4 Å². The predicted molar refractivity (Wildman–Crippen MR) is 101 cm³/mol. The van der Waals surface area contributed by atoms with Gasteiger partial charge in [0.15, 0.2) is 16.6 Å². The minimum Gasteiger partial charge on any atom is -0.497 e. The fraction of sp³-hybridized carbons (Fsp3) is 0.278. The molecule has 0 spiro atoms. The summed E-state index contributed by atoms with van der Waals surface area (Å²) in [6, 6.07) is 7.80. The van der Waals surface area contributed by atoms with Crippen molar-refractivity contribution in [1.82, 2.24) is 5.32 Å². The van der Waals surface area contributed by atoms with Crippen molar-refractivity contribution < 1.29 is 14.2 Å². The number of hydrogen-bond donors (Lipinski definition) is 1. The molecule has 1 aliphatic carbocycles. The summed E-state index contributed by atoms with van der Waals surface area (Å²) in [7, 11) is 4.85. The molecule has 0 aromatic heterocycles. The van der Waals surface area contributed by atoms with Crippen LogP contribution in [0.5, 0.6) is 5.75 Å². The van der Waals surface area contributed by atoms with Crippen LogP contribution in [-0.2, 0) is 16.0 Å². The van der Waals surface area contributed by atoms with Crippen molar-refractivity contribution in [1.29, 1.82) is 0 Å². The van der Waals surface area contributed by atoms with Crippen molar-refractivity contribution in [2.45, 2.75) is 6.54 Å². The number of thiocarbonyl (C=S) groups is 1. The van der Waals surface area contributed by atoms with Gasteiger partial charge in [-0.1, -0.05) is 12.1 Å². The third kappa shape index (κ3) is 3.71. The van der Waals surface area contributed by atoms with E-state index < -0.39 is 0 Å². The Labute approximate surface area is 151 Å². The molecule has 6 nitrogen and oxygen atoms in total. The Kier molecular flexibility index (Phi) is 5.14. The lowest BCUT2D eigenvalue weighted by molar-refractivity contribution is 0.218. The van der Waals surface area contributed by atoms with Gasteiger partial charge in [0.1, 0.15) is 11.6 Å². The summed E-state index contributed by atoms with van der Waals surface area (Å²) in [5.41, 5.74) is 1.86. The zero-order valence-electron chi connectivity index (χ0n) is 14.3. The SMILES string of the molecule is COC1=CC2=NC(=S)NC(=NCc3ccc(OC)cc3)C2C=C1OC. The highest BCUT2D eigenvalue weighted by atomic mass is 32.1. The molecule has 7 heteroatoms. The maximum Gasteiger partial charge on any atom is 0.198 e. The minimum atomic E-state index is -0.140. The van der Waals surface area contributed by atoms with Gasteiger partial charge in [-0.3, -0.25) is 4.99 Å². The Morgan fingerprint density at radius 2 is 1.80 bits per heavy atom. The summed E-state index contributed by atoms with van der Waals surface area (Å²) in [5, 5.41) is 3.47. The highest BCUT2D eigenvalue weighted by molar-refractivity contribution is 7.80. The van der Waals surface area contributed by atoms with Gasteiger partial charge in [0.05, 0.1) is 39.5 Å². The standard InChI is InChI=1S/C18H19N3O3S/c1-22-12-6-4-11(5-7-12)10-19-17-13-8-15(23-2)16(24-3)9-14(13)20-18(25)21-17/h4-9,13H,10H2,1-3H3,(H,19,21,25). The van der Waals surface area contributed by atoms with Gasteiger partial charge in [0.25, 0.3) is 0 Å². The Morgan fingerprint density at radius 3 is 2.44 bits per heavy atom. The van der Waals surface area contributed by atoms with Crippen LogP contribution in [-0.4, -0.2) is 38.0 Å². The topological polar surface area (TPSA) is 64.4 Å². The van der Waals surface area contributed by atoms with E-state index >= 15 is 0 Å². The highest BCUT2D eigenvalue weighted by Crippen LogP contribution is 2.25. The molecule has 1 aromatic rings. The van der Waals surface area contributed by atoms with Crippen LogP contribution in [0.2, 0.25) is 0 Å². The molecule has 1 atom stereocenters. The zero-order chi connectivity index (χ0) is 17.8. The van der Waals surface area contributed by atoms with Crippen molar-refractivity contribution in [3.8, 4) is 5.75 Å². The third-order valence-electron chi connectivity index (χ3n) is 3.95. The monoisotopic (exact) mass is 357 g/mol. The second-order valence-corrected chi connectivity index (χ2v) is 5.83. The highest BCUT2D eigenvalue weighted by Gasteiger charge is 2.30. The molecule has 1 aromatic carbocycles. The molecule has 1 unspecified atom stereocenters. The normalized spacial score (nSPS) is 20.8. The zero-order valence-corrected chi connectivity index (χ0v) is 15.1. The summed E-state index contributed by atoms with van der Waals surface area (Å²) in [6.07, 6.45) is 3.76. The molecule has 130 valence electrons. The van der Waals surface area contributed by atoms with Crippen LogP contribution >= 0.6 is 12.2 Å². The van der Waals surface area contributed by atoms with Gasteiger partial charge in [-0.15, -0.1) is 0 Å². The Bertz CT molecular complexity index is 794. The van der Waals surface area contributed by atoms with Crippen molar-refractivity contribution in [3.63, 3.8) is 0 Å². The molecule has 25 heavy (non-hydrogen) atoms. The van der Waals surface area contributed by atoms with Crippen molar-refractivity contribution >= 4 is 28.9 Å². The van der Waals surface area contributed by atoms with E-state index in [0.717, 1.165) is 22.9 Å². The van der Waals surface area contributed by atoms with E-state index in [2.05, 4.69) is 15.3 Å². The second-order valence-electron chi connectivity index (χ2n) is 5.44. The van der Waals surface area contributed by atoms with Crippen LogP contribution in [0.1, 0.15) is 5.56 Å². The molecule has 1 heterocycles. The van der Waals surface area contributed by atoms with Crippen molar-refractivity contribution in [2.24, 2.45) is 15.9 Å². The maximum absolute atomic E-state index is 5.39. The van der Waals surface area contributed by atoms with Crippen LogP contribution in [0.15, 0.2) is 57.9 Å². The van der Waals surface area contributed by atoms with Gasteiger partial charge in [-0.25, -0.2) is 4.99 Å². The van der Waals surface area contributed by atoms with Crippen LogP contribution < -0.4 is 10.1 Å². The lowest BCUT2D eigenvalue weighted by Gasteiger charge is -2.27. The fourth-order valence-electron chi connectivity index (χ4n) is 2.64. The number of benzene rings is 1. The van der Waals surface area contributed by atoms with Crippen LogP contribution in [0.3, 0.4) is 0 Å². The molecule has 0 radical (unpaired) electrons. The first-order valence-corrected chi connectivity index (χ1v) is 8.14. The molecule has 1 N–H and O–H groups in total. The number of rotatable bonds is 5. The molecule has 0 fully saturated rings. The van der Waals surface area contributed by atoms with Gasteiger partial charge in [-0.2, -0.15) is 0 Å². The molecule has 2 aliphatic rings. The molecule has 1 aliphatic heterocycles. The number of hydrogen-bond acceptors (Lipinski definition) is 5. The van der Waals surface area contributed by atoms with E-state index in [1.807, 2.05) is 36.4 Å². The lowest BCUT2D eigenvalue weighted by Crippen LogP contribution is -2.43. The van der Waals surface area contributed by atoms with Crippen molar-refractivity contribution in [3.05, 3.63) is 53.5 Å². The summed E-state index contributed by atoms with van der Waals surface area (Å²) in [5.74, 6) is 2.69. The van der Waals surface area contributed by atoms with Gasteiger partial charge in [-0.05, 0) is 36.0 Å². The maximum atomic E-state index is 5.39. The van der Waals surface area contributed by atoms with E-state index in [1.165, 1.54) is 0 Å². The molecule has 0 amide bonds. The van der Waals surface area contributed by atoms with Crippen molar-refractivity contribution in [2.75, 3.05) is 21.3 Å². The summed E-state index contributed by atoms with van der Waals surface area (Å²) in [4.78, 5) is 9.07. The largest absolute Gasteiger partial charge is 0.497 e. The fourth-order valence-corrected chi connectivity index (χ4v) is 2.85. The van der Waals surface area contributed by atoms with Gasteiger partial charge < -0.3 is 19.5 Å². The Hall–Kier alpha value is -2.67. The van der Waals surface area contributed by atoms with Gasteiger partial charge in [0, 0.05) is 6.08 Å². The lowest BCUT2D eigenvalue weighted by atomic mass is 9.94. The van der Waals surface area contributed by atoms with Crippen LogP contribution in [0.25, 0.3) is 0 Å². The number of aliphatic imine (C=N–C) groups is 2. The molecule has 0 saturated heterocycles.